The van der Waals surface area contributed by atoms with E-state index in [0.717, 1.165) is 6.42 Å². The molecule has 0 aliphatic rings. The van der Waals surface area contributed by atoms with Gasteiger partial charge in [-0.3, -0.25) is 0 Å². The first-order chi connectivity index (χ1) is 8.41. The third kappa shape index (κ3) is 15.5. The van der Waals surface area contributed by atoms with Gasteiger partial charge in [-0.1, -0.05) is 63.3 Å². The summed E-state index contributed by atoms with van der Waals surface area (Å²) >= 11 is 0. The molecule has 0 aromatic carbocycles. The molecule has 0 unspecified atom stereocenters. The number of rotatable bonds is 12. The highest BCUT2D eigenvalue weighted by molar-refractivity contribution is 4.82. The van der Waals surface area contributed by atoms with Gasteiger partial charge in [0.1, 0.15) is 0 Å². The summed E-state index contributed by atoms with van der Waals surface area (Å²) in [5, 5.41) is 0. The maximum absolute atomic E-state index is 3.79. The molecule has 0 saturated heterocycles. The molecule has 17 heavy (non-hydrogen) atoms. The molecule has 0 aromatic rings. The van der Waals surface area contributed by atoms with Gasteiger partial charge in [-0.15, -0.1) is 0 Å². The van der Waals surface area contributed by atoms with Crippen molar-refractivity contribution in [2.45, 2.75) is 77.6 Å². The zero-order valence-corrected chi connectivity index (χ0v) is 11.8. The van der Waals surface area contributed by atoms with E-state index in [1.54, 1.807) is 0 Å². The van der Waals surface area contributed by atoms with E-state index in [1.165, 1.54) is 64.2 Å². The van der Waals surface area contributed by atoms with Crippen molar-refractivity contribution < 1.29 is 0 Å². The first kappa shape index (κ1) is 16.5. The lowest BCUT2D eigenvalue weighted by molar-refractivity contribution is 0.621. The van der Waals surface area contributed by atoms with Gasteiger partial charge in [0.2, 0.25) is 0 Å². The molecule has 0 atom stereocenters. The monoisotopic (exact) mass is 235 g/mol. The quantitative estimate of drug-likeness (QED) is 0.277. The van der Waals surface area contributed by atoms with E-state index in [4.69, 9.17) is 0 Å². The molecular formula is C17H31. The third-order valence-electron chi connectivity index (χ3n) is 2.97. The van der Waals surface area contributed by atoms with Crippen LogP contribution in [0.2, 0.25) is 0 Å². The van der Waals surface area contributed by atoms with Gasteiger partial charge < -0.3 is 0 Å². The molecule has 99 valence electrons. The summed E-state index contributed by atoms with van der Waals surface area (Å²) in [5.74, 6) is 0. The Hall–Kier alpha value is -0.520. The van der Waals surface area contributed by atoms with Crippen LogP contribution in [0.25, 0.3) is 0 Å². The van der Waals surface area contributed by atoms with Gasteiger partial charge in [0.25, 0.3) is 0 Å². The van der Waals surface area contributed by atoms with Crippen LogP contribution in [-0.4, -0.2) is 0 Å². The van der Waals surface area contributed by atoms with Crippen molar-refractivity contribution in [2.75, 3.05) is 0 Å². The molecule has 0 N–H and O–H groups in total. The van der Waals surface area contributed by atoms with E-state index in [0.29, 0.717) is 0 Å². The minimum Gasteiger partial charge on any atom is -0.0885 e. The van der Waals surface area contributed by atoms with Crippen LogP contribution in [0.1, 0.15) is 77.6 Å². The predicted molar refractivity (Wildman–Crippen MR) is 80.1 cm³/mol. The summed E-state index contributed by atoms with van der Waals surface area (Å²) in [4.78, 5) is 0. The normalized spacial score (nSPS) is 11.9. The van der Waals surface area contributed by atoms with Crippen LogP contribution in [0.4, 0.5) is 0 Å². The largest absolute Gasteiger partial charge is 0.0885 e. The van der Waals surface area contributed by atoms with Crippen LogP contribution < -0.4 is 0 Å². The summed E-state index contributed by atoms with van der Waals surface area (Å²) in [6.45, 7) is 6.04. The fraction of sp³-hybridized carbons (Fsp3) is 0.706. The Balaban J connectivity index is 3.03. The Bertz CT molecular complexity index is 176. The van der Waals surface area contributed by atoms with Gasteiger partial charge in [0.15, 0.2) is 0 Å². The summed E-state index contributed by atoms with van der Waals surface area (Å²) in [6.07, 6.45) is 23.5. The zero-order valence-electron chi connectivity index (χ0n) is 11.8. The summed E-state index contributed by atoms with van der Waals surface area (Å²) in [6, 6.07) is 0. The minimum atomic E-state index is 0.935. The molecule has 0 spiro atoms. The molecule has 0 amide bonds. The SMILES string of the molecule is [CH2]C/C=C/CCCCCCC/C=C/CCCC. The van der Waals surface area contributed by atoms with Gasteiger partial charge in [-0.25, -0.2) is 0 Å². The number of unbranched alkanes of at least 4 members (excludes halogenated alkanes) is 8. The second-order valence-electron chi connectivity index (χ2n) is 4.72. The highest BCUT2D eigenvalue weighted by Crippen LogP contribution is 2.08. The predicted octanol–water partition coefficient (Wildman–Crippen LogP) is 6.24. The Morgan fingerprint density at radius 2 is 1.12 bits per heavy atom. The summed E-state index contributed by atoms with van der Waals surface area (Å²) in [7, 11) is 0. The lowest BCUT2D eigenvalue weighted by Crippen LogP contribution is -1.78. The number of allylic oxidation sites excluding steroid dienone is 4. The summed E-state index contributed by atoms with van der Waals surface area (Å²) < 4.78 is 0. The zero-order chi connectivity index (χ0) is 12.6. The van der Waals surface area contributed by atoms with Crippen LogP contribution in [-0.2, 0) is 0 Å². The van der Waals surface area contributed by atoms with E-state index in [9.17, 15) is 0 Å². The van der Waals surface area contributed by atoms with Crippen molar-refractivity contribution in [3.8, 4) is 0 Å². The average Bonchev–Trinajstić information content (AvgIpc) is 2.35. The number of hydrogen-bond donors (Lipinski definition) is 0. The van der Waals surface area contributed by atoms with E-state index >= 15 is 0 Å². The molecule has 0 heteroatoms. The van der Waals surface area contributed by atoms with Crippen molar-refractivity contribution in [1.82, 2.24) is 0 Å². The fourth-order valence-electron chi connectivity index (χ4n) is 1.85. The standard InChI is InChI=1S/C17H31/c1-3-5-7-9-11-13-15-17-16-14-12-10-8-6-4-2/h5,7,10,12H,1,3-4,6,8-9,11,13-17H2,2H3/b7-5+,12-10+. The van der Waals surface area contributed by atoms with Crippen molar-refractivity contribution in [3.63, 3.8) is 0 Å². The first-order valence-electron chi connectivity index (χ1n) is 7.51. The molecule has 0 aliphatic heterocycles. The third-order valence-corrected chi connectivity index (χ3v) is 2.97. The van der Waals surface area contributed by atoms with Crippen LogP contribution in [0, 0.1) is 6.92 Å². The lowest BCUT2D eigenvalue weighted by Gasteiger charge is -1.98. The van der Waals surface area contributed by atoms with Crippen LogP contribution >= 0.6 is 0 Å². The molecule has 0 bridgehead atoms. The van der Waals surface area contributed by atoms with Gasteiger partial charge in [0.05, 0.1) is 0 Å². The molecule has 0 nitrogen and oxygen atoms in total. The van der Waals surface area contributed by atoms with E-state index in [-0.39, 0.29) is 0 Å². The van der Waals surface area contributed by atoms with Gasteiger partial charge in [-0.2, -0.15) is 0 Å². The smallest absolute Gasteiger partial charge is 0.0351 e. The molecule has 0 rings (SSSR count). The van der Waals surface area contributed by atoms with E-state index in [2.05, 4.69) is 38.2 Å². The maximum Gasteiger partial charge on any atom is -0.0351 e. The average molecular weight is 235 g/mol. The van der Waals surface area contributed by atoms with Crippen molar-refractivity contribution in [2.24, 2.45) is 0 Å². The molecule has 0 aromatic heterocycles. The Morgan fingerprint density at radius 1 is 0.647 bits per heavy atom. The molecule has 1 radical (unpaired) electrons. The fourth-order valence-corrected chi connectivity index (χ4v) is 1.85. The van der Waals surface area contributed by atoms with E-state index < -0.39 is 0 Å². The van der Waals surface area contributed by atoms with Crippen molar-refractivity contribution >= 4 is 0 Å². The maximum atomic E-state index is 3.79. The summed E-state index contributed by atoms with van der Waals surface area (Å²) in [5.41, 5.74) is 0. The van der Waals surface area contributed by atoms with Gasteiger partial charge in [-0.05, 0) is 45.4 Å². The first-order valence-corrected chi connectivity index (χ1v) is 7.51. The molecule has 0 saturated carbocycles. The van der Waals surface area contributed by atoms with Crippen LogP contribution in [0.3, 0.4) is 0 Å². The second kappa shape index (κ2) is 15.5. The minimum absolute atomic E-state index is 0.935. The molecule has 0 aliphatic carbocycles. The highest BCUT2D eigenvalue weighted by atomic mass is 13.9. The van der Waals surface area contributed by atoms with E-state index in [1.807, 2.05) is 0 Å². The Kier molecular flexibility index (Phi) is 15.0. The molecular weight excluding hydrogens is 204 g/mol. The van der Waals surface area contributed by atoms with Crippen molar-refractivity contribution in [3.05, 3.63) is 31.2 Å². The Morgan fingerprint density at radius 3 is 1.65 bits per heavy atom. The number of hydrogen-bond acceptors (Lipinski definition) is 0. The van der Waals surface area contributed by atoms with Gasteiger partial charge in [0, 0.05) is 0 Å². The molecule has 0 heterocycles. The second-order valence-corrected chi connectivity index (χ2v) is 4.72. The van der Waals surface area contributed by atoms with Gasteiger partial charge >= 0.3 is 0 Å². The van der Waals surface area contributed by atoms with Crippen LogP contribution in [0.5, 0.6) is 0 Å². The highest BCUT2D eigenvalue weighted by Gasteiger charge is 1.88. The van der Waals surface area contributed by atoms with Crippen LogP contribution in [0.15, 0.2) is 24.3 Å². The lowest BCUT2D eigenvalue weighted by atomic mass is 10.1. The topological polar surface area (TPSA) is 0 Å². The Labute approximate surface area is 109 Å². The van der Waals surface area contributed by atoms with Crippen molar-refractivity contribution in [1.29, 1.82) is 0 Å². The molecule has 0 fully saturated rings.